The van der Waals surface area contributed by atoms with E-state index in [-0.39, 0.29) is 6.54 Å². The molecular formula is C14H20F2N2O. The number of pyridine rings is 1. The van der Waals surface area contributed by atoms with Crippen molar-refractivity contribution in [3.05, 3.63) is 23.9 Å². The number of hydrogen-bond donors (Lipinski definition) is 0. The molecule has 2 heterocycles. The Labute approximate surface area is 112 Å². The molecule has 0 saturated carbocycles. The number of ether oxygens (including phenoxy) is 1. The molecule has 0 aromatic carbocycles. The summed E-state index contributed by atoms with van der Waals surface area (Å²) in [5.41, 5.74) is 1.04. The maximum Gasteiger partial charge on any atom is 0.296 e. The second-order valence-corrected chi connectivity index (χ2v) is 5.48. The van der Waals surface area contributed by atoms with Gasteiger partial charge >= 0.3 is 0 Å². The number of aromatic nitrogens is 1. The normalized spacial score (nSPS) is 23.6. The van der Waals surface area contributed by atoms with Crippen LogP contribution in [0.5, 0.6) is 5.88 Å². The van der Waals surface area contributed by atoms with E-state index >= 15 is 0 Å². The van der Waals surface area contributed by atoms with E-state index in [1.54, 1.807) is 24.2 Å². The zero-order chi connectivity index (χ0) is 14.0. The molecule has 1 unspecified atom stereocenters. The predicted octanol–water partition coefficient (Wildman–Crippen LogP) is 2.92. The van der Waals surface area contributed by atoms with Gasteiger partial charge in [-0.2, -0.15) is 0 Å². The van der Waals surface area contributed by atoms with Gasteiger partial charge in [-0.3, -0.25) is 0 Å². The van der Waals surface area contributed by atoms with Gasteiger partial charge in [0.1, 0.15) is 0 Å². The predicted molar refractivity (Wildman–Crippen MR) is 69.8 cm³/mol. The molecule has 0 N–H and O–H groups in total. The molecule has 0 aliphatic carbocycles. The number of nitrogens with zero attached hydrogens (tertiary/aromatic N) is 2. The molecule has 106 valence electrons. The summed E-state index contributed by atoms with van der Waals surface area (Å²) in [4.78, 5) is 5.65. The summed E-state index contributed by atoms with van der Waals surface area (Å²) in [6, 6.07) is 3.63. The van der Waals surface area contributed by atoms with Crippen molar-refractivity contribution in [3.63, 3.8) is 0 Å². The minimum absolute atomic E-state index is 0.262. The maximum absolute atomic E-state index is 13.9. The molecule has 3 nitrogen and oxygen atoms in total. The Kier molecular flexibility index (Phi) is 4.04. The van der Waals surface area contributed by atoms with Crippen LogP contribution < -0.4 is 4.74 Å². The van der Waals surface area contributed by atoms with E-state index in [1.807, 2.05) is 19.9 Å². The first-order valence-electron chi connectivity index (χ1n) is 6.57. The molecule has 0 radical (unpaired) electrons. The van der Waals surface area contributed by atoms with Crippen molar-refractivity contribution in [1.82, 2.24) is 9.88 Å². The third-order valence-electron chi connectivity index (χ3n) is 3.41. The van der Waals surface area contributed by atoms with Crippen molar-refractivity contribution in [1.29, 1.82) is 0 Å². The summed E-state index contributed by atoms with van der Waals surface area (Å²) < 4.78 is 33.2. The number of alkyl halides is 2. The fraction of sp³-hybridized carbons (Fsp3) is 0.643. The minimum atomic E-state index is -2.83. The molecular weight excluding hydrogens is 250 g/mol. The molecule has 0 amide bonds. The monoisotopic (exact) mass is 270 g/mol. The van der Waals surface area contributed by atoms with Crippen molar-refractivity contribution in [3.8, 4) is 5.88 Å². The van der Waals surface area contributed by atoms with Crippen LogP contribution in [0.15, 0.2) is 18.3 Å². The summed E-state index contributed by atoms with van der Waals surface area (Å²) in [6.07, 6.45) is 0.841. The summed E-state index contributed by atoms with van der Waals surface area (Å²) in [7, 11) is 1.70. The van der Waals surface area contributed by atoms with Gasteiger partial charge in [-0.05, 0) is 24.6 Å². The van der Waals surface area contributed by atoms with Crippen molar-refractivity contribution in [2.45, 2.75) is 38.2 Å². The molecule has 1 atom stereocenters. The molecule has 1 aromatic heterocycles. The number of piperidine rings is 1. The quantitative estimate of drug-likeness (QED) is 0.844. The Balaban J connectivity index is 2.10. The number of hydrogen-bond acceptors (Lipinski definition) is 3. The maximum atomic E-state index is 13.9. The smallest absolute Gasteiger partial charge is 0.296 e. The molecule has 0 bridgehead atoms. The molecule has 19 heavy (non-hydrogen) atoms. The molecule has 1 fully saturated rings. The van der Waals surface area contributed by atoms with Crippen LogP contribution in [0.4, 0.5) is 8.78 Å². The zero-order valence-corrected chi connectivity index (χ0v) is 11.6. The third kappa shape index (κ3) is 3.41. The van der Waals surface area contributed by atoms with Crippen LogP contribution in [0.25, 0.3) is 0 Å². The van der Waals surface area contributed by atoms with Gasteiger partial charge in [-0.25, -0.2) is 13.8 Å². The van der Waals surface area contributed by atoms with Gasteiger partial charge < -0.3 is 9.64 Å². The highest BCUT2D eigenvalue weighted by molar-refractivity contribution is 5.23. The molecule has 1 saturated heterocycles. The Morgan fingerprint density at radius 2 is 2.21 bits per heavy atom. The molecule has 1 aliphatic rings. The molecule has 1 aromatic rings. The third-order valence-corrected chi connectivity index (χ3v) is 3.41. The minimum Gasteiger partial charge on any atom is -0.468 e. The Morgan fingerprint density at radius 1 is 1.47 bits per heavy atom. The fourth-order valence-electron chi connectivity index (χ4n) is 2.23. The molecule has 5 heteroatoms. The second kappa shape index (κ2) is 5.41. The van der Waals surface area contributed by atoms with E-state index in [9.17, 15) is 8.78 Å². The summed E-state index contributed by atoms with van der Waals surface area (Å²) >= 11 is 0. The van der Waals surface area contributed by atoms with Crippen LogP contribution in [0.3, 0.4) is 0 Å². The number of rotatable bonds is 3. The average molecular weight is 270 g/mol. The summed E-state index contributed by atoms with van der Waals surface area (Å²) in [5, 5.41) is 0. The van der Waals surface area contributed by atoms with Crippen LogP contribution in [-0.4, -0.2) is 42.0 Å². The topological polar surface area (TPSA) is 25.4 Å². The number of halogens is 2. The van der Waals surface area contributed by atoms with E-state index in [0.29, 0.717) is 24.8 Å². The Bertz CT molecular complexity index is 437. The fourth-order valence-corrected chi connectivity index (χ4v) is 2.23. The molecule has 1 aliphatic heterocycles. The Hall–Kier alpha value is -1.23. The first kappa shape index (κ1) is 14.2. The van der Waals surface area contributed by atoms with E-state index in [4.69, 9.17) is 4.74 Å². The van der Waals surface area contributed by atoms with Gasteiger partial charge in [0.2, 0.25) is 5.88 Å². The van der Waals surface area contributed by atoms with Crippen molar-refractivity contribution in [2.75, 3.05) is 20.1 Å². The summed E-state index contributed by atoms with van der Waals surface area (Å²) in [5.74, 6) is -2.22. The lowest BCUT2D eigenvalue weighted by atomic mass is 10.0. The highest BCUT2D eigenvalue weighted by Crippen LogP contribution is 2.30. The lowest BCUT2D eigenvalue weighted by Crippen LogP contribution is -2.52. The van der Waals surface area contributed by atoms with Gasteiger partial charge in [-0.1, -0.05) is 13.8 Å². The van der Waals surface area contributed by atoms with Crippen LogP contribution in [0, 0.1) is 0 Å². The van der Waals surface area contributed by atoms with Crippen molar-refractivity contribution in [2.24, 2.45) is 0 Å². The van der Waals surface area contributed by atoms with E-state index < -0.39 is 12.0 Å². The van der Waals surface area contributed by atoms with Gasteiger partial charge in [-0.15, -0.1) is 0 Å². The second-order valence-electron chi connectivity index (χ2n) is 5.48. The lowest BCUT2D eigenvalue weighted by molar-refractivity contribution is -0.136. The van der Waals surface area contributed by atoms with Crippen molar-refractivity contribution >= 4 is 0 Å². The van der Waals surface area contributed by atoms with Gasteiger partial charge in [0.05, 0.1) is 6.54 Å². The number of likely N-dealkylation sites (tertiary alicyclic amines) is 1. The van der Waals surface area contributed by atoms with Crippen LogP contribution >= 0.6 is 0 Å². The zero-order valence-electron chi connectivity index (χ0n) is 11.6. The van der Waals surface area contributed by atoms with Gasteiger partial charge in [0.25, 0.3) is 5.92 Å². The molecule has 0 spiro atoms. The van der Waals surface area contributed by atoms with Crippen LogP contribution in [0.2, 0.25) is 0 Å². The first-order chi connectivity index (χ1) is 8.88. The van der Waals surface area contributed by atoms with E-state index in [1.165, 1.54) is 0 Å². The van der Waals surface area contributed by atoms with Crippen molar-refractivity contribution < 1.29 is 13.5 Å². The summed E-state index contributed by atoms with van der Waals surface area (Å²) in [6.45, 7) is 4.44. The lowest BCUT2D eigenvalue weighted by Gasteiger charge is -2.36. The van der Waals surface area contributed by atoms with Crippen LogP contribution in [0.1, 0.15) is 31.7 Å². The van der Waals surface area contributed by atoms with Gasteiger partial charge in [0, 0.05) is 25.2 Å². The average Bonchev–Trinajstić information content (AvgIpc) is 2.32. The highest BCUT2D eigenvalue weighted by Gasteiger charge is 2.45. The standard InChI is InChI=1S/C14H20F2N2O/c1-10(2)11-4-6-17-13(8-11)19-12-5-7-18(3)9-14(12,15)16/h4,6,8,10,12H,5,7,9H2,1-3H3. The highest BCUT2D eigenvalue weighted by atomic mass is 19.3. The van der Waals surface area contributed by atoms with Gasteiger partial charge in [0.15, 0.2) is 6.10 Å². The SMILES string of the molecule is CC(C)c1ccnc(OC2CCN(C)CC2(F)F)c1. The van der Waals surface area contributed by atoms with Crippen LogP contribution in [-0.2, 0) is 0 Å². The first-order valence-corrected chi connectivity index (χ1v) is 6.57. The van der Waals surface area contributed by atoms with E-state index in [0.717, 1.165) is 5.56 Å². The van der Waals surface area contributed by atoms with E-state index in [2.05, 4.69) is 4.98 Å². The largest absolute Gasteiger partial charge is 0.468 e. The Morgan fingerprint density at radius 3 is 2.84 bits per heavy atom. The molecule has 2 rings (SSSR count).